The number of hydrogen-bond acceptors (Lipinski definition) is 3. The predicted molar refractivity (Wildman–Crippen MR) is 69.4 cm³/mol. The van der Waals surface area contributed by atoms with Crippen molar-refractivity contribution < 1.29 is 0 Å². The topological polar surface area (TPSA) is 36.8 Å². The number of rotatable bonds is 8. The molecule has 0 saturated heterocycles. The van der Waals surface area contributed by atoms with Crippen LogP contribution in [0.3, 0.4) is 0 Å². The maximum Gasteiger partial charge on any atom is 0.0513 e. The highest BCUT2D eigenvalue weighted by Crippen LogP contribution is 1.84. The standard InChI is InChI=1S/C12H25N3/c1-5-11(3)14-9-7-13-8-10-15-12(4)6-2/h13H,5-10H2,1-4H3. The van der Waals surface area contributed by atoms with Gasteiger partial charge in [-0.1, -0.05) is 13.8 Å². The van der Waals surface area contributed by atoms with Crippen molar-refractivity contribution in [1.29, 1.82) is 0 Å². The summed E-state index contributed by atoms with van der Waals surface area (Å²) in [5.74, 6) is 0. The number of nitrogens with one attached hydrogen (secondary N) is 1. The van der Waals surface area contributed by atoms with Gasteiger partial charge in [-0.15, -0.1) is 0 Å². The Morgan fingerprint density at radius 1 is 0.867 bits per heavy atom. The summed E-state index contributed by atoms with van der Waals surface area (Å²) in [4.78, 5) is 8.82. The van der Waals surface area contributed by atoms with Gasteiger partial charge in [-0.05, 0) is 26.7 Å². The molecule has 0 unspecified atom stereocenters. The van der Waals surface area contributed by atoms with Gasteiger partial charge in [-0.25, -0.2) is 0 Å². The fourth-order valence-electron chi connectivity index (χ4n) is 1.00. The molecule has 0 spiro atoms. The van der Waals surface area contributed by atoms with Crippen molar-refractivity contribution in [3.63, 3.8) is 0 Å². The Balaban J connectivity index is 3.33. The van der Waals surface area contributed by atoms with Gasteiger partial charge in [0.15, 0.2) is 0 Å². The number of aliphatic imine (C=N–C) groups is 2. The van der Waals surface area contributed by atoms with E-state index < -0.39 is 0 Å². The van der Waals surface area contributed by atoms with E-state index in [1.54, 1.807) is 0 Å². The largest absolute Gasteiger partial charge is 0.313 e. The first-order valence-corrected chi connectivity index (χ1v) is 5.91. The van der Waals surface area contributed by atoms with Gasteiger partial charge in [-0.3, -0.25) is 9.98 Å². The summed E-state index contributed by atoms with van der Waals surface area (Å²) in [5.41, 5.74) is 2.47. The van der Waals surface area contributed by atoms with Crippen LogP contribution in [0.1, 0.15) is 40.5 Å². The van der Waals surface area contributed by atoms with E-state index >= 15 is 0 Å². The second-order valence-corrected chi connectivity index (χ2v) is 3.69. The van der Waals surface area contributed by atoms with Crippen LogP contribution in [0.15, 0.2) is 9.98 Å². The molecule has 0 aromatic carbocycles. The van der Waals surface area contributed by atoms with Gasteiger partial charge in [0.05, 0.1) is 13.1 Å². The Labute approximate surface area is 94.1 Å². The van der Waals surface area contributed by atoms with E-state index in [-0.39, 0.29) is 0 Å². The monoisotopic (exact) mass is 211 g/mol. The van der Waals surface area contributed by atoms with Crippen molar-refractivity contribution in [1.82, 2.24) is 5.32 Å². The lowest BCUT2D eigenvalue weighted by atomic mass is 10.3. The fraction of sp³-hybridized carbons (Fsp3) is 0.833. The molecule has 0 fully saturated rings. The highest BCUT2D eigenvalue weighted by atomic mass is 14.9. The molecule has 0 atom stereocenters. The van der Waals surface area contributed by atoms with Crippen LogP contribution in [0.25, 0.3) is 0 Å². The molecule has 3 nitrogen and oxygen atoms in total. The van der Waals surface area contributed by atoms with Crippen LogP contribution in [0.2, 0.25) is 0 Å². The summed E-state index contributed by atoms with van der Waals surface area (Å²) in [6.45, 7) is 12.1. The van der Waals surface area contributed by atoms with Gasteiger partial charge in [0.25, 0.3) is 0 Å². The van der Waals surface area contributed by atoms with Crippen LogP contribution < -0.4 is 5.32 Å². The van der Waals surface area contributed by atoms with Gasteiger partial charge in [0.1, 0.15) is 0 Å². The van der Waals surface area contributed by atoms with Crippen molar-refractivity contribution in [2.24, 2.45) is 9.98 Å². The van der Waals surface area contributed by atoms with Crippen molar-refractivity contribution in [2.45, 2.75) is 40.5 Å². The van der Waals surface area contributed by atoms with Gasteiger partial charge >= 0.3 is 0 Å². The van der Waals surface area contributed by atoms with Crippen LogP contribution >= 0.6 is 0 Å². The van der Waals surface area contributed by atoms with E-state index in [0.29, 0.717) is 0 Å². The zero-order valence-electron chi connectivity index (χ0n) is 10.6. The lowest BCUT2D eigenvalue weighted by Gasteiger charge is -2.01. The van der Waals surface area contributed by atoms with Crippen LogP contribution in [0, 0.1) is 0 Å². The minimum atomic E-state index is 0.885. The summed E-state index contributed by atoms with van der Waals surface area (Å²) in [6.07, 6.45) is 2.11. The number of hydrogen-bond donors (Lipinski definition) is 1. The van der Waals surface area contributed by atoms with E-state index in [0.717, 1.165) is 39.0 Å². The Bertz CT molecular complexity index is 185. The molecular weight excluding hydrogens is 186 g/mol. The van der Waals surface area contributed by atoms with Crippen LogP contribution in [-0.4, -0.2) is 37.6 Å². The summed E-state index contributed by atoms with van der Waals surface area (Å²) in [6, 6.07) is 0. The normalized spacial score (nSPS) is 13.3. The highest BCUT2D eigenvalue weighted by molar-refractivity contribution is 5.81. The van der Waals surface area contributed by atoms with Gasteiger partial charge < -0.3 is 5.32 Å². The quantitative estimate of drug-likeness (QED) is 0.485. The molecule has 15 heavy (non-hydrogen) atoms. The third-order valence-corrected chi connectivity index (χ3v) is 2.36. The van der Waals surface area contributed by atoms with Gasteiger partial charge in [0, 0.05) is 24.5 Å². The summed E-state index contributed by atoms with van der Waals surface area (Å²) >= 11 is 0. The second-order valence-electron chi connectivity index (χ2n) is 3.69. The van der Waals surface area contributed by atoms with E-state index in [2.05, 4.69) is 43.0 Å². The molecular formula is C12H25N3. The average Bonchev–Trinajstić information content (AvgIpc) is 2.26. The molecule has 0 heterocycles. The maximum atomic E-state index is 4.41. The summed E-state index contributed by atoms with van der Waals surface area (Å²) < 4.78 is 0. The average molecular weight is 211 g/mol. The van der Waals surface area contributed by atoms with Crippen LogP contribution in [0.4, 0.5) is 0 Å². The zero-order valence-corrected chi connectivity index (χ0v) is 10.6. The second kappa shape index (κ2) is 9.84. The Morgan fingerprint density at radius 2 is 1.27 bits per heavy atom. The molecule has 1 N–H and O–H groups in total. The predicted octanol–water partition coefficient (Wildman–Crippen LogP) is 2.32. The molecule has 0 saturated carbocycles. The third-order valence-electron chi connectivity index (χ3n) is 2.36. The van der Waals surface area contributed by atoms with Crippen molar-refractivity contribution in [2.75, 3.05) is 26.2 Å². The first-order valence-electron chi connectivity index (χ1n) is 5.91. The fourth-order valence-corrected chi connectivity index (χ4v) is 1.00. The zero-order chi connectivity index (χ0) is 11.5. The molecule has 0 aliphatic heterocycles. The highest BCUT2D eigenvalue weighted by Gasteiger charge is 1.88. The van der Waals surface area contributed by atoms with Gasteiger partial charge in [0.2, 0.25) is 0 Å². The third kappa shape index (κ3) is 9.60. The first kappa shape index (κ1) is 14.3. The first-order chi connectivity index (χ1) is 7.20. The Kier molecular flexibility index (Phi) is 9.38. The molecule has 0 radical (unpaired) electrons. The molecule has 0 bridgehead atoms. The van der Waals surface area contributed by atoms with E-state index in [4.69, 9.17) is 0 Å². The van der Waals surface area contributed by atoms with E-state index in [1.807, 2.05) is 0 Å². The lowest BCUT2D eigenvalue weighted by Crippen LogP contribution is -2.21. The lowest BCUT2D eigenvalue weighted by molar-refractivity contribution is 0.696. The summed E-state index contributed by atoms with van der Waals surface area (Å²) in [7, 11) is 0. The van der Waals surface area contributed by atoms with E-state index in [9.17, 15) is 0 Å². The Morgan fingerprint density at radius 3 is 1.60 bits per heavy atom. The molecule has 3 heteroatoms. The van der Waals surface area contributed by atoms with Crippen LogP contribution in [-0.2, 0) is 0 Å². The van der Waals surface area contributed by atoms with Gasteiger partial charge in [-0.2, -0.15) is 0 Å². The maximum absolute atomic E-state index is 4.41. The Hall–Kier alpha value is -0.700. The molecule has 0 amide bonds. The number of nitrogens with zero attached hydrogens (tertiary/aromatic N) is 2. The molecule has 0 aromatic rings. The van der Waals surface area contributed by atoms with Crippen molar-refractivity contribution in [3.05, 3.63) is 0 Å². The minimum absolute atomic E-state index is 0.885. The van der Waals surface area contributed by atoms with Crippen molar-refractivity contribution in [3.8, 4) is 0 Å². The minimum Gasteiger partial charge on any atom is -0.313 e. The smallest absolute Gasteiger partial charge is 0.0513 e. The summed E-state index contributed by atoms with van der Waals surface area (Å²) in [5, 5.41) is 3.33. The van der Waals surface area contributed by atoms with Crippen molar-refractivity contribution >= 4 is 11.4 Å². The molecule has 0 aromatic heterocycles. The molecule has 0 aliphatic rings. The van der Waals surface area contributed by atoms with Crippen LogP contribution in [0.5, 0.6) is 0 Å². The SMILES string of the molecule is CCC(C)=NCCNCCN=C(C)CC. The molecule has 88 valence electrons. The van der Waals surface area contributed by atoms with E-state index in [1.165, 1.54) is 11.4 Å². The molecule has 0 rings (SSSR count). The molecule has 0 aliphatic carbocycles.